The monoisotopic (exact) mass is 526 g/mol. The van der Waals surface area contributed by atoms with Crippen LogP contribution in [0.2, 0.25) is 0 Å². The number of rotatable bonds is 11. The summed E-state index contributed by atoms with van der Waals surface area (Å²) in [5, 5.41) is 0. The predicted molar refractivity (Wildman–Crippen MR) is 143 cm³/mol. The summed E-state index contributed by atoms with van der Waals surface area (Å²) in [6.45, 7) is 6.47. The number of benzene rings is 3. The van der Waals surface area contributed by atoms with E-state index in [1.54, 1.807) is 42.5 Å². The minimum atomic E-state index is -1.04. The molecule has 1 fully saturated rings. The lowest BCUT2D eigenvalue weighted by Gasteiger charge is -2.28. The summed E-state index contributed by atoms with van der Waals surface area (Å²) >= 11 is 0. The quantitative estimate of drug-likeness (QED) is 0.141. The molecule has 3 aromatic rings. The van der Waals surface area contributed by atoms with E-state index in [1.807, 2.05) is 0 Å². The van der Waals surface area contributed by atoms with Gasteiger partial charge in [-0.1, -0.05) is 93.6 Å². The molecular formula is C32H34F4O2. The van der Waals surface area contributed by atoms with Gasteiger partial charge in [-0.3, -0.25) is 0 Å². The largest absolute Gasteiger partial charge is 0.348 e. The Morgan fingerprint density at radius 3 is 1.87 bits per heavy atom. The van der Waals surface area contributed by atoms with Gasteiger partial charge in [-0.05, 0) is 29.5 Å². The highest BCUT2D eigenvalue weighted by molar-refractivity contribution is 5.71. The molecule has 0 atom stereocenters. The highest BCUT2D eigenvalue weighted by Crippen LogP contribution is 2.34. The maximum absolute atomic E-state index is 15.0. The number of unbranched alkanes of at least 4 members (excludes halogenated alkanes) is 5. The van der Waals surface area contributed by atoms with Gasteiger partial charge < -0.3 is 9.47 Å². The van der Waals surface area contributed by atoms with Crippen LogP contribution in [0.4, 0.5) is 17.6 Å². The predicted octanol–water partition coefficient (Wildman–Crippen LogP) is 9.33. The average Bonchev–Trinajstić information content (AvgIpc) is 2.94. The van der Waals surface area contributed by atoms with Gasteiger partial charge in [0.1, 0.15) is 0 Å². The molecule has 0 unspecified atom stereocenters. The molecule has 0 bridgehead atoms. The minimum absolute atomic E-state index is 0.00628. The second-order valence-corrected chi connectivity index (χ2v) is 9.82. The van der Waals surface area contributed by atoms with E-state index in [9.17, 15) is 13.2 Å². The lowest BCUT2D eigenvalue weighted by atomic mass is 9.96. The first kappa shape index (κ1) is 28.1. The van der Waals surface area contributed by atoms with Crippen LogP contribution in [0.3, 0.4) is 0 Å². The van der Waals surface area contributed by atoms with Gasteiger partial charge in [0.2, 0.25) is 0 Å². The van der Waals surface area contributed by atoms with Crippen LogP contribution in [0.1, 0.15) is 62.9 Å². The van der Waals surface area contributed by atoms with Crippen molar-refractivity contribution in [3.05, 3.63) is 95.6 Å². The van der Waals surface area contributed by atoms with Crippen molar-refractivity contribution in [2.45, 2.75) is 58.2 Å². The fraction of sp³-hybridized carbons (Fsp3) is 0.375. The van der Waals surface area contributed by atoms with Crippen LogP contribution in [0.15, 0.2) is 61.2 Å². The molecule has 0 saturated carbocycles. The Labute approximate surface area is 222 Å². The van der Waals surface area contributed by atoms with E-state index in [0.717, 1.165) is 19.3 Å². The Bertz CT molecular complexity index is 1230. The molecule has 38 heavy (non-hydrogen) atoms. The molecule has 1 saturated heterocycles. The summed E-state index contributed by atoms with van der Waals surface area (Å²) in [7, 11) is 0. The molecule has 1 heterocycles. The van der Waals surface area contributed by atoms with Crippen LogP contribution in [0, 0.1) is 29.2 Å². The first-order chi connectivity index (χ1) is 18.4. The normalized spacial score (nSPS) is 17.5. The molecule has 4 rings (SSSR count). The van der Waals surface area contributed by atoms with Crippen molar-refractivity contribution in [1.82, 2.24) is 0 Å². The number of aryl methyl sites for hydroxylation is 1. The Kier molecular flexibility index (Phi) is 9.75. The van der Waals surface area contributed by atoms with Crippen molar-refractivity contribution < 1.29 is 27.0 Å². The molecule has 0 aromatic heterocycles. The summed E-state index contributed by atoms with van der Waals surface area (Å²) in [5.41, 5.74) is 1.42. The Morgan fingerprint density at radius 2 is 1.26 bits per heavy atom. The maximum Gasteiger partial charge on any atom is 0.186 e. The van der Waals surface area contributed by atoms with Gasteiger partial charge in [0.15, 0.2) is 29.6 Å². The van der Waals surface area contributed by atoms with Gasteiger partial charge in [-0.15, -0.1) is 6.58 Å². The van der Waals surface area contributed by atoms with E-state index in [0.29, 0.717) is 36.3 Å². The lowest BCUT2D eigenvalue weighted by molar-refractivity contribution is -0.198. The van der Waals surface area contributed by atoms with Crippen molar-refractivity contribution >= 4 is 0 Å². The Balaban J connectivity index is 1.46. The third-order valence-corrected chi connectivity index (χ3v) is 7.09. The first-order valence-corrected chi connectivity index (χ1v) is 13.4. The van der Waals surface area contributed by atoms with Crippen LogP contribution in [-0.2, 0) is 15.9 Å². The fourth-order valence-electron chi connectivity index (χ4n) is 4.73. The summed E-state index contributed by atoms with van der Waals surface area (Å²) < 4.78 is 70.6. The molecule has 1 aliphatic heterocycles. The van der Waals surface area contributed by atoms with Crippen LogP contribution >= 0.6 is 0 Å². The zero-order valence-electron chi connectivity index (χ0n) is 21.8. The number of hydrogen-bond acceptors (Lipinski definition) is 2. The van der Waals surface area contributed by atoms with Gasteiger partial charge in [-0.2, -0.15) is 0 Å². The standard InChI is InChI=1S/C32H34F4O2/c1-3-5-6-7-8-9-10-24-15-16-25(29(34)28(24)33)22-11-13-23(14-12-22)26-17-18-27(31(36)30(26)35)32-37-19-21(4-2)20-38-32/h4,11-18,21,32H,2-3,5-10,19-20H2,1H3. The van der Waals surface area contributed by atoms with Crippen LogP contribution in [0.25, 0.3) is 22.3 Å². The molecule has 0 aliphatic carbocycles. The molecule has 0 spiro atoms. The fourth-order valence-corrected chi connectivity index (χ4v) is 4.73. The van der Waals surface area contributed by atoms with Gasteiger partial charge in [-0.25, -0.2) is 17.6 Å². The van der Waals surface area contributed by atoms with E-state index in [2.05, 4.69) is 13.5 Å². The molecule has 202 valence electrons. The molecule has 3 aromatic carbocycles. The van der Waals surface area contributed by atoms with Crippen molar-refractivity contribution in [2.75, 3.05) is 13.2 Å². The first-order valence-electron chi connectivity index (χ1n) is 13.4. The lowest BCUT2D eigenvalue weighted by Crippen LogP contribution is -2.26. The Morgan fingerprint density at radius 1 is 0.711 bits per heavy atom. The topological polar surface area (TPSA) is 18.5 Å². The molecule has 0 radical (unpaired) electrons. The van der Waals surface area contributed by atoms with Gasteiger partial charge in [0, 0.05) is 22.6 Å². The number of hydrogen-bond donors (Lipinski definition) is 0. The Hall–Kier alpha value is -2.96. The molecule has 0 amide bonds. The number of halogens is 4. The smallest absolute Gasteiger partial charge is 0.186 e. The summed E-state index contributed by atoms with van der Waals surface area (Å²) in [6.07, 6.45) is 7.68. The highest BCUT2D eigenvalue weighted by atomic mass is 19.2. The molecule has 0 N–H and O–H groups in total. The zero-order valence-corrected chi connectivity index (χ0v) is 21.8. The SMILES string of the molecule is C=CC1COC(c2ccc(-c3ccc(-c4ccc(CCCCCCCC)c(F)c4F)cc3)c(F)c2F)OC1. The molecular weight excluding hydrogens is 492 g/mol. The molecule has 1 aliphatic rings. The van der Waals surface area contributed by atoms with Gasteiger partial charge >= 0.3 is 0 Å². The molecule has 6 heteroatoms. The van der Waals surface area contributed by atoms with Gasteiger partial charge in [0.05, 0.1) is 13.2 Å². The second kappa shape index (κ2) is 13.2. The van der Waals surface area contributed by atoms with Crippen LogP contribution in [0.5, 0.6) is 0 Å². The number of ether oxygens (including phenoxy) is 2. The third-order valence-electron chi connectivity index (χ3n) is 7.09. The van der Waals surface area contributed by atoms with Crippen LogP contribution < -0.4 is 0 Å². The van der Waals surface area contributed by atoms with E-state index >= 15 is 4.39 Å². The van der Waals surface area contributed by atoms with Gasteiger partial charge in [0.25, 0.3) is 0 Å². The van der Waals surface area contributed by atoms with Crippen molar-refractivity contribution in [3.63, 3.8) is 0 Å². The van der Waals surface area contributed by atoms with Crippen molar-refractivity contribution in [2.24, 2.45) is 5.92 Å². The van der Waals surface area contributed by atoms with Crippen molar-refractivity contribution in [3.8, 4) is 22.3 Å². The van der Waals surface area contributed by atoms with Crippen molar-refractivity contribution in [1.29, 1.82) is 0 Å². The summed E-state index contributed by atoms with van der Waals surface area (Å²) in [5.74, 6) is -3.77. The zero-order chi connectivity index (χ0) is 27.1. The molecule has 2 nitrogen and oxygen atoms in total. The third kappa shape index (κ3) is 6.36. The van der Waals surface area contributed by atoms with E-state index in [4.69, 9.17) is 9.47 Å². The van der Waals surface area contributed by atoms with E-state index in [-0.39, 0.29) is 22.6 Å². The summed E-state index contributed by atoms with van der Waals surface area (Å²) in [4.78, 5) is 0. The summed E-state index contributed by atoms with van der Waals surface area (Å²) in [6, 6.07) is 12.4. The maximum atomic E-state index is 15.0. The van der Waals surface area contributed by atoms with E-state index in [1.165, 1.54) is 31.4 Å². The van der Waals surface area contributed by atoms with E-state index < -0.39 is 29.6 Å². The van der Waals surface area contributed by atoms with Crippen LogP contribution in [-0.4, -0.2) is 13.2 Å². The minimum Gasteiger partial charge on any atom is -0.348 e. The average molecular weight is 527 g/mol. The second-order valence-electron chi connectivity index (χ2n) is 9.82. The highest BCUT2D eigenvalue weighted by Gasteiger charge is 2.27.